The molecule has 2 rings (SSSR count). The highest BCUT2D eigenvalue weighted by Crippen LogP contribution is 2.34. The number of rotatable bonds is 10. The van der Waals surface area contributed by atoms with Crippen LogP contribution in [0, 0.1) is 5.92 Å². The molecular weight excluding hydrogens is 250 g/mol. The number of hydrogen-bond acceptors (Lipinski definition) is 3. The van der Waals surface area contributed by atoms with Gasteiger partial charge in [-0.25, -0.2) is 0 Å². The van der Waals surface area contributed by atoms with E-state index in [4.69, 9.17) is 9.47 Å². The van der Waals surface area contributed by atoms with Crippen LogP contribution in [0.5, 0.6) is 0 Å². The van der Waals surface area contributed by atoms with E-state index in [1.165, 1.54) is 51.4 Å². The second kappa shape index (κ2) is 9.01. The minimum Gasteiger partial charge on any atom is -0.378 e. The Morgan fingerprint density at radius 2 is 2.15 bits per heavy atom. The van der Waals surface area contributed by atoms with Crippen molar-refractivity contribution in [3.63, 3.8) is 0 Å². The third-order valence-electron chi connectivity index (χ3n) is 4.76. The number of hydrogen-bond donors (Lipinski definition) is 1. The fraction of sp³-hybridized carbons (Fsp3) is 1.00. The van der Waals surface area contributed by atoms with Gasteiger partial charge >= 0.3 is 0 Å². The predicted octanol–water partition coefficient (Wildman–Crippen LogP) is 3.52. The summed E-state index contributed by atoms with van der Waals surface area (Å²) in [7, 11) is 0. The van der Waals surface area contributed by atoms with E-state index >= 15 is 0 Å². The second-order valence-corrected chi connectivity index (χ2v) is 6.51. The molecule has 1 N–H and O–H groups in total. The van der Waals surface area contributed by atoms with Crippen LogP contribution >= 0.6 is 0 Å². The van der Waals surface area contributed by atoms with Crippen LogP contribution in [0.3, 0.4) is 0 Å². The van der Waals surface area contributed by atoms with Gasteiger partial charge in [0.25, 0.3) is 0 Å². The van der Waals surface area contributed by atoms with Gasteiger partial charge in [0.1, 0.15) is 0 Å². The molecule has 0 radical (unpaired) electrons. The van der Waals surface area contributed by atoms with Gasteiger partial charge in [-0.15, -0.1) is 0 Å². The third kappa shape index (κ3) is 5.34. The lowest BCUT2D eigenvalue weighted by atomic mass is 9.77. The molecule has 3 heteroatoms. The van der Waals surface area contributed by atoms with Gasteiger partial charge in [0.15, 0.2) is 0 Å². The standard InChI is InChI=1S/C17H33NO2/c1-3-9-18-15(7-8-16-6-5-10-20-16)11-14-12-17(13-14)19-4-2/h14-18H,3-13H2,1-2H3. The topological polar surface area (TPSA) is 30.5 Å². The zero-order valence-corrected chi connectivity index (χ0v) is 13.4. The highest BCUT2D eigenvalue weighted by atomic mass is 16.5. The minimum absolute atomic E-state index is 0.540. The monoisotopic (exact) mass is 283 g/mol. The van der Waals surface area contributed by atoms with Crippen molar-refractivity contribution >= 4 is 0 Å². The van der Waals surface area contributed by atoms with Crippen molar-refractivity contribution in [2.24, 2.45) is 5.92 Å². The first kappa shape index (κ1) is 16.3. The van der Waals surface area contributed by atoms with E-state index in [1.54, 1.807) is 0 Å². The maximum Gasteiger partial charge on any atom is 0.0580 e. The second-order valence-electron chi connectivity index (χ2n) is 6.51. The molecule has 2 unspecified atom stereocenters. The van der Waals surface area contributed by atoms with Crippen LogP contribution in [0.4, 0.5) is 0 Å². The summed E-state index contributed by atoms with van der Waals surface area (Å²) in [6.45, 7) is 7.35. The highest BCUT2D eigenvalue weighted by Gasteiger charge is 2.31. The molecule has 2 aliphatic rings. The molecule has 0 amide bonds. The largest absolute Gasteiger partial charge is 0.378 e. The molecule has 1 aliphatic carbocycles. The molecule has 1 heterocycles. The first-order valence-corrected chi connectivity index (χ1v) is 8.78. The van der Waals surface area contributed by atoms with Gasteiger partial charge in [-0.1, -0.05) is 6.92 Å². The average Bonchev–Trinajstić information content (AvgIpc) is 2.92. The van der Waals surface area contributed by atoms with Crippen LogP contribution in [0.25, 0.3) is 0 Å². The van der Waals surface area contributed by atoms with Crippen molar-refractivity contribution < 1.29 is 9.47 Å². The molecule has 2 fully saturated rings. The van der Waals surface area contributed by atoms with Crippen molar-refractivity contribution in [2.45, 2.75) is 83.5 Å². The summed E-state index contributed by atoms with van der Waals surface area (Å²) < 4.78 is 11.4. The van der Waals surface area contributed by atoms with Crippen molar-refractivity contribution in [3.05, 3.63) is 0 Å². The van der Waals surface area contributed by atoms with Crippen LogP contribution in [-0.2, 0) is 9.47 Å². The maximum atomic E-state index is 5.75. The number of ether oxygens (including phenoxy) is 2. The molecule has 20 heavy (non-hydrogen) atoms. The third-order valence-corrected chi connectivity index (χ3v) is 4.76. The van der Waals surface area contributed by atoms with E-state index in [2.05, 4.69) is 19.2 Å². The van der Waals surface area contributed by atoms with Gasteiger partial charge in [-0.2, -0.15) is 0 Å². The normalized spacial score (nSPS) is 31.2. The van der Waals surface area contributed by atoms with Crippen LogP contribution in [0.1, 0.15) is 65.2 Å². The fourth-order valence-corrected chi connectivity index (χ4v) is 3.55. The smallest absolute Gasteiger partial charge is 0.0580 e. The van der Waals surface area contributed by atoms with Crippen LogP contribution < -0.4 is 5.32 Å². The van der Waals surface area contributed by atoms with Gasteiger partial charge in [-0.3, -0.25) is 0 Å². The average molecular weight is 283 g/mol. The molecule has 1 aliphatic heterocycles. The first-order valence-electron chi connectivity index (χ1n) is 8.78. The molecule has 0 aromatic heterocycles. The zero-order chi connectivity index (χ0) is 14.2. The summed E-state index contributed by atoms with van der Waals surface area (Å²) >= 11 is 0. The quantitative estimate of drug-likeness (QED) is 0.665. The van der Waals surface area contributed by atoms with E-state index in [0.29, 0.717) is 18.2 Å². The Morgan fingerprint density at radius 1 is 1.30 bits per heavy atom. The molecular formula is C17H33NO2. The van der Waals surface area contributed by atoms with Crippen LogP contribution in [0.15, 0.2) is 0 Å². The summed E-state index contributed by atoms with van der Waals surface area (Å²) in [6.07, 6.45) is 11.2. The summed E-state index contributed by atoms with van der Waals surface area (Å²) in [4.78, 5) is 0. The van der Waals surface area contributed by atoms with E-state index in [1.807, 2.05) is 0 Å². The number of nitrogens with one attached hydrogen (secondary N) is 1. The summed E-state index contributed by atoms with van der Waals surface area (Å²) in [5.74, 6) is 0.880. The van der Waals surface area contributed by atoms with E-state index in [9.17, 15) is 0 Å². The Bertz CT molecular complexity index is 247. The van der Waals surface area contributed by atoms with Gasteiger partial charge in [0.2, 0.25) is 0 Å². The lowest BCUT2D eigenvalue weighted by Gasteiger charge is -2.37. The molecule has 0 spiro atoms. The fourth-order valence-electron chi connectivity index (χ4n) is 3.55. The van der Waals surface area contributed by atoms with Crippen LogP contribution in [-0.4, -0.2) is 38.0 Å². The molecule has 1 saturated carbocycles. The molecule has 0 aromatic carbocycles. The van der Waals surface area contributed by atoms with E-state index < -0.39 is 0 Å². The Labute approximate surface area is 124 Å². The summed E-state index contributed by atoms with van der Waals surface area (Å²) in [5, 5.41) is 3.74. The Balaban J connectivity index is 1.64. The van der Waals surface area contributed by atoms with Crippen molar-refractivity contribution in [3.8, 4) is 0 Å². The van der Waals surface area contributed by atoms with E-state index in [-0.39, 0.29) is 0 Å². The SMILES string of the molecule is CCCNC(CCC1CCCO1)CC1CC(OCC)C1. The lowest BCUT2D eigenvalue weighted by molar-refractivity contribution is -0.0296. The van der Waals surface area contributed by atoms with Gasteiger partial charge in [0.05, 0.1) is 12.2 Å². The van der Waals surface area contributed by atoms with E-state index in [0.717, 1.165) is 25.7 Å². The van der Waals surface area contributed by atoms with Crippen molar-refractivity contribution in [1.29, 1.82) is 0 Å². The van der Waals surface area contributed by atoms with Gasteiger partial charge in [-0.05, 0) is 70.8 Å². The lowest BCUT2D eigenvalue weighted by Crippen LogP contribution is -2.38. The van der Waals surface area contributed by atoms with Crippen molar-refractivity contribution in [2.75, 3.05) is 19.8 Å². The van der Waals surface area contributed by atoms with Crippen molar-refractivity contribution in [1.82, 2.24) is 5.32 Å². The molecule has 2 atom stereocenters. The molecule has 118 valence electrons. The molecule has 0 bridgehead atoms. The van der Waals surface area contributed by atoms with Gasteiger partial charge in [0, 0.05) is 19.3 Å². The maximum absolute atomic E-state index is 5.75. The first-order chi connectivity index (χ1) is 9.81. The highest BCUT2D eigenvalue weighted by molar-refractivity contribution is 4.84. The van der Waals surface area contributed by atoms with Gasteiger partial charge < -0.3 is 14.8 Å². The Kier molecular flexibility index (Phi) is 7.32. The minimum atomic E-state index is 0.540. The zero-order valence-electron chi connectivity index (χ0n) is 13.4. The predicted molar refractivity (Wildman–Crippen MR) is 83.0 cm³/mol. The molecule has 3 nitrogen and oxygen atoms in total. The Morgan fingerprint density at radius 3 is 2.80 bits per heavy atom. The summed E-state index contributed by atoms with van der Waals surface area (Å²) in [5.41, 5.74) is 0. The summed E-state index contributed by atoms with van der Waals surface area (Å²) in [6, 6.07) is 0.687. The van der Waals surface area contributed by atoms with Crippen LogP contribution in [0.2, 0.25) is 0 Å². The molecule has 0 aromatic rings. The molecule has 1 saturated heterocycles. The Hall–Kier alpha value is -0.120.